The minimum absolute atomic E-state index is 0.00390. The maximum atomic E-state index is 12.6. The monoisotopic (exact) mass is 312 g/mol. The van der Waals surface area contributed by atoms with Gasteiger partial charge in [0, 0.05) is 22.1 Å². The maximum absolute atomic E-state index is 12.6. The first-order chi connectivity index (χ1) is 9.67. The lowest BCUT2D eigenvalue weighted by Crippen LogP contribution is -2.32. The smallest absolute Gasteiger partial charge is 0.241 e. The number of nitrogens with one attached hydrogen (secondary N) is 1. The first-order valence-electron chi connectivity index (χ1n) is 7.29. The predicted molar refractivity (Wildman–Crippen MR) is 88.3 cm³/mol. The Bertz CT molecular complexity index is 447. The van der Waals surface area contributed by atoms with E-state index in [1.165, 1.54) is 9.75 Å². The lowest BCUT2D eigenvalue weighted by Gasteiger charge is -2.22. The summed E-state index contributed by atoms with van der Waals surface area (Å²) in [4.78, 5) is 17.2. The summed E-state index contributed by atoms with van der Waals surface area (Å²) in [6.07, 6.45) is 5.36. The van der Waals surface area contributed by atoms with Crippen molar-refractivity contribution in [2.45, 2.75) is 45.3 Å². The fraction of sp³-hybridized carbons (Fsp3) is 0.667. The molecule has 1 aromatic heterocycles. The van der Waals surface area contributed by atoms with Gasteiger partial charge < -0.3 is 4.90 Å². The number of thioether (sulfide) groups is 1. The molecular weight excluding hydrogens is 288 g/mol. The van der Waals surface area contributed by atoms with E-state index < -0.39 is 0 Å². The van der Waals surface area contributed by atoms with Crippen LogP contribution in [-0.4, -0.2) is 35.4 Å². The van der Waals surface area contributed by atoms with Gasteiger partial charge in [-0.25, -0.2) is 0 Å². The number of hydrogen-bond acceptors (Lipinski definition) is 4. The molecule has 0 bridgehead atoms. The maximum Gasteiger partial charge on any atom is 0.241 e. The fourth-order valence-corrected chi connectivity index (χ4v) is 3.89. The summed E-state index contributed by atoms with van der Waals surface area (Å²) in [5.41, 5.74) is 0. The fourth-order valence-electron chi connectivity index (χ4n) is 2.56. The van der Waals surface area contributed by atoms with Gasteiger partial charge in [0.25, 0.3) is 0 Å². The van der Waals surface area contributed by atoms with Crippen molar-refractivity contribution in [3.8, 4) is 0 Å². The van der Waals surface area contributed by atoms with E-state index in [1.54, 1.807) is 23.1 Å². The van der Waals surface area contributed by atoms with E-state index in [-0.39, 0.29) is 18.1 Å². The Morgan fingerprint density at radius 1 is 1.45 bits per heavy atom. The van der Waals surface area contributed by atoms with Crippen LogP contribution in [-0.2, 0) is 4.79 Å². The summed E-state index contributed by atoms with van der Waals surface area (Å²) >= 11 is 3.58. The Hall–Kier alpha value is -0.520. The predicted octanol–water partition coefficient (Wildman–Crippen LogP) is 3.41. The van der Waals surface area contributed by atoms with Crippen molar-refractivity contribution >= 4 is 29.0 Å². The van der Waals surface area contributed by atoms with Crippen molar-refractivity contribution in [3.05, 3.63) is 21.9 Å². The van der Waals surface area contributed by atoms with Gasteiger partial charge in [0.2, 0.25) is 5.91 Å². The topological polar surface area (TPSA) is 32.3 Å². The third-order valence-electron chi connectivity index (χ3n) is 3.67. The Kier molecular flexibility index (Phi) is 5.93. The zero-order valence-electron chi connectivity index (χ0n) is 12.5. The van der Waals surface area contributed by atoms with Crippen LogP contribution in [0.4, 0.5) is 0 Å². The first-order valence-corrected chi connectivity index (χ1v) is 9.50. The molecule has 0 saturated carbocycles. The Labute approximate surface area is 130 Å². The first kappa shape index (κ1) is 15.9. The van der Waals surface area contributed by atoms with Crippen molar-refractivity contribution in [2.75, 3.05) is 18.6 Å². The molecule has 1 aliphatic heterocycles. The van der Waals surface area contributed by atoms with Gasteiger partial charge in [-0.2, -0.15) is 11.8 Å². The molecule has 1 fully saturated rings. The molecule has 20 heavy (non-hydrogen) atoms. The second-order valence-electron chi connectivity index (χ2n) is 5.24. The molecule has 1 aliphatic rings. The highest BCUT2D eigenvalue weighted by Gasteiger charge is 2.39. The van der Waals surface area contributed by atoms with Crippen LogP contribution in [0.1, 0.15) is 42.1 Å². The molecule has 1 saturated heterocycles. The number of thiophene rings is 1. The third-order valence-corrected chi connectivity index (χ3v) is 5.31. The summed E-state index contributed by atoms with van der Waals surface area (Å²) in [5.74, 6) is 1.28. The Morgan fingerprint density at radius 3 is 2.85 bits per heavy atom. The van der Waals surface area contributed by atoms with E-state index in [4.69, 9.17) is 0 Å². The Morgan fingerprint density at radius 2 is 2.25 bits per heavy atom. The van der Waals surface area contributed by atoms with Crippen molar-refractivity contribution in [3.63, 3.8) is 0 Å². The number of unbranched alkanes of at least 4 members (excludes halogenated alkanes) is 1. The van der Waals surface area contributed by atoms with E-state index in [0.29, 0.717) is 0 Å². The number of hydrogen-bond donors (Lipinski definition) is 1. The van der Waals surface area contributed by atoms with Crippen molar-refractivity contribution in [1.29, 1.82) is 0 Å². The quantitative estimate of drug-likeness (QED) is 0.837. The molecule has 2 rings (SSSR count). The molecule has 2 heterocycles. The van der Waals surface area contributed by atoms with Crippen LogP contribution in [0, 0.1) is 6.92 Å². The molecular formula is C15H24N2OS2. The van der Waals surface area contributed by atoms with Crippen LogP contribution in [0.25, 0.3) is 0 Å². The highest BCUT2D eigenvalue weighted by atomic mass is 32.2. The highest BCUT2D eigenvalue weighted by molar-refractivity contribution is 7.98. The standard InChI is InChI=1S/C15H24N2OS2/c1-4-5-6-12-15(18)17(9-10-19-3)14(16-12)13-8-7-11(2)20-13/h7-8,12,14,16H,4-6,9-10H2,1-3H3. The summed E-state index contributed by atoms with van der Waals surface area (Å²) in [6.45, 7) is 5.12. The van der Waals surface area contributed by atoms with Crippen LogP contribution < -0.4 is 5.32 Å². The van der Waals surface area contributed by atoms with Crippen LogP contribution >= 0.6 is 23.1 Å². The highest BCUT2D eigenvalue weighted by Crippen LogP contribution is 2.31. The van der Waals surface area contributed by atoms with E-state index >= 15 is 0 Å². The zero-order chi connectivity index (χ0) is 14.5. The molecule has 3 nitrogen and oxygen atoms in total. The normalized spacial score (nSPS) is 22.8. The molecule has 0 spiro atoms. The minimum atomic E-state index is 0.00390. The van der Waals surface area contributed by atoms with Gasteiger partial charge in [-0.15, -0.1) is 11.3 Å². The third kappa shape index (κ3) is 3.57. The van der Waals surface area contributed by atoms with Crippen LogP contribution in [0.3, 0.4) is 0 Å². The summed E-state index contributed by atoms with van der Waals surface area (Å²) < 4.78 is 0. The molecule has 0 aromatic carbocycles. The Balaban J connectivity index is 2.12. The molecule has 0 radical (unpaired) electrons. The number of nitrogens with zero attached hydrogens (tertiary/aromatic N) is 1. The summed E-state index contributed by atoms with van der Waals surface area (Å²) in [6, 6.07) is 4.29. The SMILES string of the molecule is CCCCC1NC(c2ccc(C)s2)N(CCSC)C1=O. The molecule has 2 atom stereocenters. The van der Waals surface area contributed by atoms with Gasteiger partial charge in [0.15, 0.2) is 0 Å². The number of aryl methyl sites for hydroxylation is 1. The molecule has 112 valence electrons. The lowest BCUT2D eigenvalue weighted by molar-refractivity contribution is -0.129. The van der Waals surface area contributed by atoms with Crippen molar-refractivity contribution < 1.29 is 4.79 Å². The van der Waals surface area contributed by atoms with Crippen molar-refractivity contribution in [2.24, 2.45) is 0 Å². The number of amides is 1. The number of carbonyl (C=O) groups excluding carboxylic acids is 1. The lowest BCUT2D eigenvalue weighted by atomic mass is 10.1. The van der Waals surface area contributed by atoms with E-state index in [9.17, 15) is 4.79 Å². The minimum Gasteiger partial charge on any atom is -0.320 e. The summed E-state index contributed by atoms with van der Waals surface area (Å²) in [7, 11) is 0. The van der Waals surface area contributed by atoms with Gasteiger partial charge in [0.1, 0.15) is 6.17 Å². The van der Waals surface area contributed by atoms with E-state index in [1.807, 2.05) is 4.90 Å². The molecule has 2 unspecified atom stereocenters. The molecule has 1 amide bonds. The van der Waals surface area contributed by atoms with Crippen LogP contribution in [0.15, 0.2) is 12.1 Å². The largest absolute Gasteiger partial charge is 0.320 e. The molecule has 1 aromatic rings. The molecule has 0 aliphatic carbocycles. The van der Waals surface area contributed by atoms with Gasteiger partial charge >= 0.3 is 0 Å². The second kappa shape index (κ2) is 7.48. The zero-order valence-corrected chi connectivity index (χ0v) is 14.1. The van der Waals surface area contributed by atoms with Gasteiger partial charge in [0.05, 0.1) is 6.04 Å². The number of carbonyl (C=O) groups is 1. The molecule has 5 heteroatoms. The van der Waals surface area contributed by atoms with Crippen LogP contribution in [0.5, 0.6) is 0 Å². The average Bonchev–Trinajstić information content (AvgIpc) is 2.99. The van der Waals surface area contributed by atoms with Gasteiger partial charge in [-0.1, -0.05) is 19.8 Å². The average molecular weight is 313 g/mol. The second-order valence-corrected chi connectivity index (χ2v) is 7.54. The molecule has 1 N–H and O–H groups in total. The van der Waals surface area contributed by atoms with Crippen LogP contribution in [0.2, 0.25) is 0 Å². The number of rotatable bonds is 7. The van der Waals surface area contributed by atoms with Gasteiger partial charge in [-0.3, -0.25) is 10.1 Å². The van der Waals surface area contributed by atoms with Gasteiger partial charge in [-0.05, 0) is 31.7 Å². The van der Waals surface area contributed by atoms with Crippen molar-refractivity contribution in [1.82, 2.24) is 10.2 Å². The summed E-state index contributed by atoms with van der Waals surface area (Å²) in [5, 5.41) is 3.54. The van der Waals surface area contributed by atoms with E-state index in [2.05, 4.69) is 37.6 Å². The van der Waals surface area contributed by atoms with E-state index in [0.717, 1.165) is 31.6 Å².